The first-order valence-electron chi connectivity index (χ1n) is 15.6. The SMILES string of the molecule is CC(C)(C)[S+](c1ccccc1)c1ccccc1C(O)C1CCCN(c2ccc(NC[C@@H](O)CNC(=O)c3ccc(Cl)s3)cc2Cl)C1=O. The van der Waals surface area contributed by atoms with Crippen molar-refractivity contribution in [2.24, 2.45) is 5.92 Å². The van der Waals surface area contributed by atoms with Gasteiger partial charge in [-0.2, -0.15) is 0 Å². The minimum absolute atomic E-state index is 0.0602. The van der Waals surface area contributed by atoms with Gasteiger partial charge in [0.05, 0.1) is 48.9 Å². The Balaban J connectivity index is 1.26. The number of carbonyl (C=O) groups is 2. The molecule has 0 radical (unpaired) electrons. The fraction of sp³-hybridized carbons (Fsp3) is 0.333. The van der Waals surface area contributed by atoms with Crippen LogP contribution in [0, 0.1) is 5.92 Å². The number of thiophene rings is 1. The maximum absolute atomic E-state index is 14.0. The first-order chi connectivity index (χ1) is 22.4. The number of halogens is 2. The van der Waals surface area contributed by atoms with Crippen LogP contribution in [-0.2, 0) is 15.7 Å². The molecule has 2 heterocycles. The number of rotatable bonds is 11. The Morgan fingerprint density at radius 1 is 1.00 bits per heavy atom. The Labute approximate surface area is 293 Å². The van der Waals surface area contributed by atoms with Crippen LogP contribution in [0.15, 0.2) is 94.7 Å². The Hall–Kier alpha value is -3.05. The van der Waals surface area contributed by atoms with Gasteiger partial charge in [0.2, 0.25) is 5.91 Å². The van der Waals surface area contributed by atoms with Crippen molar-refractivity contribution < 1.29 is 19.8 Å². The highest BCUT2D eigenvalue weighted by atomic mass is 35.5. The van der Waals surface area contributed by atoms with E-state index < -0.39 is 18.1 Å². The van der Waals surface area contributed by atoms with Crippen molar-refractivity contribution in [2.45, 2.75) is 60.4 Å². The molecule has 4 N–H and O–H groups in total. The molecule has 7 nitrogen and oxygen atoms in total. The number of hydrogen-bond acceptors (Lipinski definition) is 6. The van der Waals surface area contributed by atoms with E-state index in [0.717, 1.165) is 16.9 Å². The highest BCUT2D eigenvalue weighted by Crippen LogP contribution is 2.42. The van der Waals surface area contributed by atoms with Gasteiger partial charge in [0.1, 0.15) is 4.75 Å². The van der Waals surface area contributed by atoms with Crippen LogP contribution in [-0.4, -0.2) is 52.5 Å². The van der Waals surface area contributed by atoms with Crippen LogP contribution in [0.25, 0.3) is 0 Å². The fourth-order valence-electron chi connectivity index (χ4n) is 5.81. The van der Waals surface area contributed by atoms with Crippen LogP contribution in [0.1, 0.15) is 55.0 Å². The maximum Gasteiger partial charge on any atom is 0.261 e. The molecule has 3 aromatic carbocycles. The fourth-order valence-corrected chi connectivity index (χ4v) is 9.74. The third-order valence-electron chi connectivity index (χ3n) is 7.99. The number of aliphatic hydroxyl groups is 2. The summed E-state index contributed by atoms with van der Waals surface area (Å²) >= 11 is 13.8. The molecule has 2 amide bonds. The van der Waals surface area contributed by atoms with Gasteiger partial charge in [-0.05, 0) is 82.1 Å². The predicted molar refractivity (Wildman–Crippen MR) is 194 cm³/mol. The first kappa shape index (κ1) is 35.3. The molecule has 47 heavy (non-hydrogen) atoms. The van der Waals surface area contributed by atoms with Gasteiger partial charge in [0.25, 0.3) is 5.91 Å². The second kappa shape index (κ2) is 15.4. The van der Waals surface area contributed by atoms with E-state index >= 15 is 0 Å². The molecule has 0 spiro atoms. The zero-order valence-electron chi connectivity index (χ0n) is 26.6. The molecule has 0 bridgehead atoms. The summed E-state index contributed by atoms with van der Waals surface area (Å²) in [6.07, 6.45) is -0.515. The van der Waals surface area contributed by atoms with Gasteiger partial charge in [0, 0.05) is 30.9 Å². The van der Waals surface area contributed by atoms with E-state index in [2.05, 4.69) is 49.6 Å². The van der Waals surface area contributed by atoms with Gasteiger partial charge in [-0.25, -0.2) is 0 Å². The molecular formula is C36H40Cl2N3O4S2+. The molecule has 11 heteroatoms. The van der Waals surface area contributed by atoms with Gasteiger partial charge in [0.15, 0.2) is 9.79 Å². The summed E-state index contributed by atoms with van der Waals surface area (Å²) in [6.45, 7) is 7.37. The zero-order valence-corrected chi connectivity index (χ0v) is 29.7. The normalized spacial score (nSPS) is 17.2. The molecule has 4 aromatic rings. The van der Waals surface area contributed by atoms with E-state index in [1.165, 1.54) is 16.2 Å². The topological polar surface area (TPSA) is 102 Å². The van der Waals surface area contributed by atoms with Crippen molar-refractivity contribution >= 4 is 68.6 Å². The second-order valence-electron chi connectivity index (χ2n) is 12.5. The number of piperidine rings is 1. The number of nitrogens with zero attached hydrogens (tertiary/aromatic N) is 1. The standard InChI is InChI=1S/C36H39Cl2N3O4S2/c1-36(2,3)47(25-10-5-4-6-11-25)31-14-8-7-12-26(31)33(43)27-13-9-19-41(35(27)45)29-16-15-23(20-28(29)37)39-21-24(42)22-40-34(44)30-17-18-32(38)46-30/h4-8,10-12,14-18,20,24,27,33,39,42-43H,9,13,19,21-22H2,1-3H3/p+1/t24-,27?,33?,47?/m1/s1. The van der Waals surface area contributed by atoms with Crippen LogP contribution >= 0.6 is 34.5 Å². The molecule has 0 saturated carbocycles. The lowest BCUT2D eigenvalue weighted by Gasteiger charge is -2.35. The summed E-state index contributed by atoms with van der Waals surface area (Å²) < 4.78 is 0.417. The smallest absolute Gasteiger partial charge is 0.261 e. The van der Waals surface area contributed by atoms with Gasteiger partial charge in [-0.1, -0.05) is 59.6 Å². The van der Waals surface area contributed by atoms with Crippen molar-refractivity contribution in [3.05, 3.63) is 105 Å². The van der Waals surface area contributed by atoms with E-state index in [4.69, 9.17) is 23.2 Å². The van der Waals surface area contributed by atoms with Crippen LogP contribution in [0.4, 0.5) is 11.4 Å². The number of carbonyl (C=O) groups excluding carboxylic acids is 2. The first-order valence-corrected chi connectivity index (χ1v) is 18.4. The van der Waals surface area contributed by atoms with E-state index in [0.29, 0.717) is 38.6 Å². The highest BCUT2D eigenvalue weighted by Gasteiger charge is 2.44. The molecule has 1 fully saturated rings. The average Bonchev–Trinajstić information content (AvgIpc) is 3.49. The lowest BCUT2D eigenvalue weighted by molar-refractivity contribution is -0.127. The lowest BCUT2D eigenvalue weighted by Crippen LogP contribution is -2.44. The van der Waals surface area contributed by atoms with E-state index in [-0.39, 0.29) is 40.5 Å². The highest BCUT2D eigenvalue weighted by molar-refractivity contribution is 7.98. The average molecular weight is 714 g/mol. The third kappa shape index (κ3) is 8.52. The monoisotopic (exact) mass is 712 g/mol. The number of benzene rings is 3. The summed E-state index contributed by atoms with van der Waals surface area (Å²) in [4.78, 5) is 30.6. The van der Waals surface area contributed by atoms with Crippen LogP contribution in [0.2, 0.25) is 9.36 Å². The molecule has 4 atom stereocenters. The summed E-state index contributed by atoms with van der Waals surface area (Å²) in [5.41, 5.74) is 2.03. The van der Waals surface area contributed by atoms with Crippen LogP contribution in [0.3, 0.4) is 0 Å². The van der Waals surface area contributed by atoms with E-state index in [1.54, 1.807) is 35.2 Å². The number of nitrogens with one attached hydrogen (secondary N) is 2. The number of amides is 2. The largest absolute Gasteiger partial charge is 0.389 e. The zero-order chi connectivity index (χ0) is 33.7. The van der Waals surface area contributed by atoms with Crippen molar-refractivity contribution in [3.63, 3.8) is 0 Å². The Kier molecular flexibility index (Phi) is 11.6. The van der Waals surface area contributed by atoms with Gasteiger partial charge < -0.3 is 25.7 Å². The number of aliphatic hydroxyl groups excluding tert-OH is 2. The lowest BCUT2D eigenvalue weighted by atomic mass is 9.87. The Morgan fingerprint density at radius 3 is 2.40 bits per heavy atom. The van der Waals surface area contributed by atoms with E-state index in [1.807, 2.05) is 36.4 Å². The van der Waals surface area contributed by atoms with Gasteiger partial charge in [-0.3, -0.25) is 9.59 Å². The molecule has 3 unspecified atom stereocenters. The quantitative estimate of drug-likeness (QED) is 0.120. The number of hydrogen-bond donors (Lipinski definition) is 4. The van der Waals surface area contributed by atoms with E-state index in [9.17, 15) is 19.8 Å². The van der Waals surface area contributed by atoms with Crippen LogP contribution in [0.5, 0.6) is 0 Å². The summed E-state index contributed by atoms with van der Waals surface area (Å²) in [5.74, 6) is -1.07. The van der Waals surface area contributed by atoms with Crippen molar-refractivity contribution in [2.75, 3.05) is 29.9 Å². The molecule has 1 aliphatic heterocycles. The summed E-state index contributed by atoms with van der Waals surface area (Å²) in [5, 5.41) is 28.5. The Morgan fingerprint density at radius 2 is 1.72 bits per heavy atom. The number of anilines is 2. The Bertz CT molecular complexity index is 1690. The molecular weight excluding hydrogens is 673 g/mol. The molecule has 5 rings (SSSR count). The predicted octanol–water partition coefficient (Wildman–Crippen LogP) is 7.57. The summed E-state index contributed by atoms with van der Waals surface area (Å²) in [6, 6.07) is 26.9. The molecule has 1 saturated heterocycles. The van der Waals surface area contributed by atoms with Crippen molar-refractivity contribution in [3.8, 4) is 0 Å². The van der Waals surface area contributed by atoms with Crippen molar-refractivity contribution in [1.82, 2.24) is 5.32 Å². The maximum atomic E-state index is 14.0. The third-order valence-corrected chi connectivity index (χ3v) is 12.3. The van der Waals surface area contributed by atoms with Gasteiger partial charge in [-0.15, -0.1) is 11.3 Å². The second-order valence-corrected chi connectivity index (χ2v) is 17.3. The van der Waals surface area contributed by atoms with Crippen LogP contribution < -0.4 is 15.5 Å². The van der Waals surface area contributed by atoms with Crippen molar-refractivity contribution in [1.29, 1.82) is 0 Å². The molecule has 0 aliphatic carbocycles. The molecule has 248 valence electrons. The minimum Gasteiger partial charge on any atom is -0.389 e. The molecule has 1 aliphatic rings. The minimum atomic E-state index is -0.971. The summed E-state index contributed by atoms with van der Waals surface area (Å²) in [7, 11) is -0.341. The van der Waals surface area contributed by atoms with Gasteiger partial charge >= 0.3 is 0 Å². The molecule has 1 aromatic heterocycles.